The third kappa shape index (κ3) is 2.56. The average Bonchev–Trinajstić information content (AvgIpc) is 3.38. The Morgan fingerprint density at radius 3 is 2.83 bits per heavy atom. The number of carbonyl (C=O) groups excluding carboxylic acids is 1. The van der Waals surface area contributed by atoms with Crippen LogP contribution in [0.25, 0.3) is 10.9 Å². The minimum absolute atomic E-state index is 0.0160. The summed E-state index contributed by atoms with van der Waals surface area (Å²) in [6.07, 6.45) is 3.86. The molecule has 3 aromatic rings. The van der Waals surface area contributed by atoms with Crippen molar-refractivity contribution in [2.75, 3.05) is 6.61 Å². The molecule has 0 unspecified atom stereocenters. The third-order valence-corrected chi connectivity index (χ3v) is 4.54. The Kier molecular flexibility index (Phi) is 3.56. The predicted octanol–water partition coefficient (Wildman–Crippen LogP) is 3.64. The van der Waals surface area contributed by atoms with Crippen molar-refractivity contribution in [3.8, 4) is 5.88 Å². The van der Waals surface area contributed by atoms with E-state index < -0.39 is 0 Å². The number of benzene rings is 1. The van der Waals surface area contributed by atoms with Gasteiger partial charge in [-0.2, -0.15) is 0 Å². The molecule has 5 nitrogen and oxygen atoms in total. The van der Waals surface area contributed by atoms with Gasteiger partial charge in [0.25, 0.3) is 0 Å². The topological polar surface area (TPSA) is 57.0 Å². The van der Waals surface area contributed by atoms with Gasteiger partial charge in [-0.1, -0.05) is 12.1 Å². The molecule has 0 bridgehead atoms. The van der Waals surface area contributed by atoms with E-state index in [1.807, 2.05) is 37.3 Å². The second kappa shape index (κ2) is 5.74. The lowest BCUT2D eigenvalue weighted by atomic mass is 10.1. The number of rotatable bonds is 5. The summed E-state index contributed by atoms with van der Waals surface area (Å²) in [4.78, 5) is 21.0. The fourth-order valence-corrected chi connectivity index (χ4v) is 3.26. The number of aryl methyl sites for hydroxylation is 1. The number of nitrogens with zero attached hydrogens (tertiary/aromatic N) is 3. The summed E-state index contributed by atoms with van der Waals surface area (Å²) >= 11 is 0. The van der Waals surface area contributed by atoms with E-state index in [1.165, 1.54) is 19.2 Å². The van der Waals surface area contributed by atoms with Crippen LogP contribution in [0.3, 0.4) is 0 Å². The molecule has 1 aliphatic rings. The van der Waals surface area contributed by atoms with E-state index in [9.17, 15) is 4.79 Å². The molecule has 0 amide bonds. The van der Waals surface area contributed by atoms with E-state index in [-0.39, 0.29) is 12.4 Å². The van der Waals surface area contributed by atoms with E-state index in [0.717, 1.165) is 27.9 Å². The summed E-state index contributed by atoms with van der Waals surface area (Å²) in [5, 5.41) is 0.816. The van der Waals surface area contributed by atoms with Crippen LogP contribution in [0.4, 0.5) is 0 Å². The van der Waals surface area contributed by atoms with Crippen LogP contribution in [0.2, 0.25) is 0 Å². The highest BCUT2D eigenvalue weighted by molar-refractivity contribution is 5.98. The van der Waals surface area contributed by atoms with Gasteiger partial charge in [0.05, 0.1) is 10.9 Å². The summed E-state index contributed by atoms with van der Waals surface area (Å²) in [5.41, 5.74) is 3.74. The van der Waals surface area contributed by atoms with Crippen molar-refractivity contribution in [2.45, 2.75) is 32.7 Å². The monoisotopic (exact) mass is 321 g/mol. The van der Waals surface area contributed by atoms with Gasteiger partial charge < -0.3 is 9.30 Å². The zero-order chi connectivity index (χ0) is 16.7. The first kappa shape index (κ1) is 14.9. The Morgan fingerprint density at radius 1 is 1.25 bits per heavy atom. The SMILES string of the molecule is Cc1cc(C(=O)COc2ncnc3ccccc23)c(C)n1C1CC1. The molecule has 0 N–H and O–H groups in total. The number of ether oxygens (including phenoxy) is 1. The van der Waals surface area contributed by atoms with E-state index in [2.05, 4.69) is 21.5 Å². The Hall–Kier alpha value is -2.69. The van der Waals surface area contributed by atoms with Gasteiger partial charge in [0.2, 0.25) is 11.7 Å². The van der Waals surface area contributed by atoms with Gasteiger partial charge in [-0.3, -0.25) is 4.79 Å². The third-order valence-electron chi connectivity index (χ3n) is 4.54. The van der Waals surface area contributed by atoms with E-state index in [1.54, 1.807) is 0 Å². The van der Waals surface area contributed by atoms with Crippen molar-refractivity contribution >= 4 is 16.7 Å². The number of para-hydroxylation sites is 1. The Labute approximate surface area is 140 Å². The minimum atomic E-state index is -0.0179. The molecule has 0 atom stereocenters. The molecule has 1 aliphatic carbocycles. The maximum absolute atomic E-state index is 12.6. The molecular formula is C19H19N3O2. The van der Waals surface area contributed by atoms with Crippen LogP contribution >= 0.6 is 0 Å². The van der Waals surface area contributed by atoms with E-state index in [4.69, 9.17) is 4.74 Å². The molecule has 1 fully saturated rings. The van der Waals surface area contributed by atoms with Crippen LogP contribution in [0.1, 0.15) is 40.6 Å². The van der Waals surface area contributed by atoms with Crippen LogP contribution in [-0.4, -0.2) is 26.9 Å². The van der Waals surface area contributed by atoms with Crippen LogP contribution in [0.15, 0.2) is 36.7 Å². The molecule has 1 saturated carbocycles. The molecule has 2 heterocycles. The lowest BCUT2D eigenvalue weighted by Crippen LogP contribution is -2.13. The van der Waals surface area contributed by atoms with Crippen LogP contribution < -0.4 is 4.74 Å². The average molecular weight is 321 g/mol. The number of hydrogen-bond acceptors (Lipinski definition) is 4. The number of Topliss-reactive ketones (excluding diaryl/α,β-unsaturated/α-hetero) is 1. The first-order valence-corrected chi connectivity index (χ1v) is 8.19. The Bertz CT molecular complexity index is 920. The molecule has 1 aromatic carbocycles. The quantitative estimate of drug-likeness (QED) is 0.673. The van der Waals surface area contributed by atoms with Crippen molar-refractivity contribution in [2.24, 2.45) is 0 Å². The fourth-order valence-electron chi connectivity index (χ4n) is 3.26. The van der Waals surface area contributed by atoms with Gasteiger partial charge in [0, 0.05) is 23.0 Å². The van der Waals surface area contributed by atoms with Crippen molar-refractivity contribution in [3.63, 3.8) is 0 Å². The molecule has 0 aliphatic heterocycles. The number of hydrogen-bond donors (Lipinski definition) is 0. The number of fused-ring (bicyclic) bond motifs is 1. The number of aromatic nitrogens is 3. The summed E-state index contributed by atoms with van der Waals surface area (Å²) in [5.74, 6) is 0.433. The summed E-state index contributed by atoms with van der Waals surface area (Å²) in [6, 6.07) is 10.2. The molecule has 0 spiro atoms. The highest BCUT2D eigenvalue weighted by Crippen LogP contribution is 2.38. The molecule has 2 aromatic heterocycles. The lowest BCUT2D eigenvalue weighted by molar-refractivity contribution is 0.0918. The van der Waals surface area contributed by atoms with Crippen molar-refractivity contribution in [1.29, 1.82) is 0 Å². The minimum Gasteiger partial charge on any atom is -0.469 e. The van der Waals surface area contributed by atoms with E-state index >= 15 is 0 Å². The van der Waals surface area contributed by atoms with Crippen molar-refractivity contribution in [1.82, 2.24) is 14.5 Å². The first-order chi connectivity index (χ1) is 11.6. The predicted molar refractivity (Wildman–Crippen MR) is 91.5 cm³/mol. The first-order valence-electron chi connectivity index (χ1n) is 8.19. The van der Waals surface area contributed by atoms with Gasteiger partial charge in [-0.15, -0.1) is 0 Å². The number of carbonyl (C=O) groups is 1. The highest BCUT2D eigenvalue weighted by Gasteiger charge is 2.28. The molecular weight excluding hydrogens is 302 g/mol. The van der Waals surface area contributed by atoms with Gasteiger partial charge in [-0.05, 0) is 44.9 Å². The summed E-state index contributed by atoms with van der Waals surface area (Å²) in [7, 11) is 0. The lowest BCUT2D eigenvalue weighted by Gasteiger charge is -2.09. The highest BCUT2D eigenvalue weighted by atomic mass is 16.5. The Morgan fingerprint density at radius 2 is 2.04 bits per heavy atom. The molecule has 5 heteroatoms. The van der Waals surface area contributed by atoms with Gasteiger partial charge in [0.15, 0.2) is 6.61 Å². The molecule has 0 saturated heterocycles. The largest absolute Gasteiger partial charge is 0.469 e. The summed E-state index contributed by atoms with van der Waals surface area (Å²) < 4.78 is 7.98. The zero-order valence-corrected chi connectivity index (χ0v) is 13.8. The normalized spacial score (nSPS) is 14.1. The standard InChI is InChI=1S/C19H19N3O2/c1-12-9-16(13(2)22(12)14-7-8-14)18(23)10-24-19-15-5-3-4-6-17(15)20-11-21-19/h3-6,9,11,14H,7-8,10H2,1-2H3. The molecule has 122 valence electrons. The van der Waals surface area contributed by atoms with Gasteiger partial charge in [0.1, 0.15) is 6.33 Å². The van der Waals surface area contributed by atoms with Gasteiger partial charge >= 0.3 is 0 Å². The second-order valence-electron chi connectivity index (χ2n) is 6.29. The van der Waals surface area contributed by atoms with Crippen LogP contribution in [0, 0.1) is 13.8 Å². The van der Waals surface area contributed by atoms with Crippen molar-refractivity contribution < 1.29 is 9.53 Å². The van der Waals surface area contributed by atoms with E-state index in [0.29, 0.717) is 11.9 Å². The molecule has 0 radical (unpaired) electrons. The fraction of sp³-hybridized carbons (Fsp3) is 0.316. The maximum atomic E-state index is 12.6. The zero-order valence-electron chi connectivity index (χ0n) is 13.8. The summed E-state index contributed by atoms with van der Waals surface area (Å²) in [6.45, 7) is 4.05. The Balaban J connectivity index is 1.55. The smallest absolute Gasteiger partial charge is 0.224 e. The van der Waals surface area contributed by atoms with Crippen LogP contribution in [0.5, 0.6) is 5.88 Å². The molecule has 24 heavy (non-hydrogen) atoms. The molecule has 4 rings (SSSR count). The maximum Gasteiger partial charge on any atom is 0.224 e. The second-order valence-corrected chi connectivity index (χ2v) is 6.29. The van der Waals surface area contributed by atoms with Crippen LogP contribution in [-0.2, 0) is 0 Å². The number of ketones is 1. The van der Waals surface area contributed by atoms with Gasteiger partial charge in [-0.25, -0.2) is 9.97 Å². The van der Waals surface area contributed by atoms with Crippen molar-refractivity contribution in [3.05, 3.63) is 53.6 Å².